The molecule has 2 heterocycles. The van der Waals surface area contributed by atoms with Crippen molar-refractivity contribution in [1.29, 1.82) is 0 Å². The van der Waals surface area contributed by atoms with Crippen LogP contribution in [0.1, 0.15) is 5.69 Å². The molecule has 0 unspecified atom stereocenters. The lowest BCUT2D eigenvalue weighted by atomic mass is 10.1. The summed E-state index contributed by atoms with van der Waals surface area (Å²) < 4.78 is 40.3. The summed E-state index contributed by atoms with van der Waals surface area (Å²) in [7, 11) is 0. The van der Waals surface area contributed by atoms with Crippen molar-refractivity contribution >= 4 is 21.6 Å². The molecule has 20 heavy (non-hydrogen) atoms. The molecule has 0 radical (unpaired) electrons. The first-order valence-corrected chi connectivity index (χ1v) is 6.42. The molecular weight excluding hydrogens is 335 g/mol. The van der Waals surface area contributed by atoms with Crippen molar-refractivity contribution in [3.63, 3.8) is 0 Å². The average Bonchev–Trinajstić information content (AvgIpc) is 2.81. The van der Waals surface area contributed by atoms with E-state index < -0.39 is 11.9 Å². The molecule has 0 bridgehead atoms. The normalized spacial score (nSPS) is 12.0. The maximum atomic E-state index is 12.9. The molecular formula is C13H7BrF3N3. The van der Waals surface area contributed by atoms with E-state index in [4.69, 9.17) is 0 Å². The fourth-order valence-electron chi connectivity index (χ4n) is 1.97. The zero-order valence-electron chi connectivity index (χ0n) is 9.89. The van der Waals surface area contributed by atoms with Crippen molar-refractivity contribution in [2.24, 2.45) is 0 Å². The molecule has 0 spiro atoms. The molecule has 3 rings (SSSR count). The second-order valence-electron chi connectivity index (χ2n) is 4.13. The van der Waals surface area contributed by atoms with Gasteiger partial charge in [-0.2, -0.15) is 18.3 Å². The van der Waals surface area contributed by atoms with Gasteiger partial charge in [-0.15, -0.1) is 0 Å². The van der Waals surface area contributed by atoms with Crippen LogP contribution >= 0.6 is 15.9 Å². The quantitative estimate of drug-likeness (QED) is 0.664. The Morgan fingerprint density at radius 3 is 2.65 bits per heavy atom. The Morgan fingerprint density at radius 2 is 1.95 bits per heavy atom. The molecule has 1 aromatic carbocycles. The number of alkyl halides is 3. The molecule has 0 aliphatic heterocycles. The molecule has 0 N–H and O–H groups in total. The second-order valence-corrected chi connectivity index (χ2v) is 5.05. The van der Waals surface area contributed by atoms with E-state index in [2.05, 4.69) is 26.0 Å². The number of fused-ring (bicyclic) bond motifs is 1. The number of hydrogen-bond acceptors (Lipinski definition) is 2. The summed E-state index contributed by atoms with van der Waals surface area (Å²) in [6.07, 6.45) is -1.94. The lowest BCUT2D eigenvalue weighted by Gasteiger charge is -2.08. The van der Waals surface area contributed by atoms with Gasteiger partial charge in [0.1, 0.15) is 5.69 Å². The van der Waals surface area contributed by atoms with Crippen LogP contribution in [0.5, 0.6) is 0 Å². The third-order valence-corrected chi connectivity index (χ3v) is 3.32. The minimum atomic E-state index is -4.47. The fourth-order valence-corrected chi connectivity index (χ4v) is 2.37. The maximum absolute atomic E-state index is 12.9. The topological polar surface area (TPSA) is 30.2 Å². The highest BCUT2D eigenvalue weighted by molar-refractivity contribution is 9.10. The molecule has 0 aliphatic carbocycles. The van der Waals surface area contributed by atoms with E-state index in [-0.39, 0.29) is 5.65 Å². The van der Waals surface area contributed by atoms with Crippen molar-refractivity contribution in [2.75, 3.05) is 0 Å². The molecule has 0 saturated carbocycles. The lowest BCUT2D eigenvalue weighted by Crippen LogP contribution is -2.12. The van der Waals surface area contributed by atoms with E-state index in [1.165, 1.54) is 6.20 Å². The standard InChI is InChI=1S/C13H7BrF3N3/c14-9-3-1-2-8(6-9)10-7-19-20-11(13(15,16)17)4-5-18-12(10)20/h1-7H. The Hall–Kier alpha value is -1.89. The highest BCUT2D eigenvalue weighted by Crippen LogP contribution is 2.32. The highest BCUT2D eigenvalue weighted by Gasteiger charge is 2.34. The second kappa shape index (κ2) is 4.59. The first-order chi connectivity index (χ1) is 9.47. The van der Waals surface area contributed by atoms with Crippen LogP contribution in [0, 0.1) is 0 Å². The molecule has 3 nitrogen and oxygen atoms in total. The zero-order chi connectivity index (χ0) is 14.3. The van der Waals surface area contributed by atoms with Gasteiger partial charge in [0.15, 0.2) is 5.65 Å². The van der Waals surface area contributed by atoms with Gasteiger partial charge < -0.3 is 0 Å². The van der Waals surface area contributed by atoms with Crippen LogP contribution in [0.25, 0.3) is 16.8 Å². The Kier molecular flexibility index (Phi) is 3.01. The molecule has 102 valence electrons. The van der Waals surface area contributed by atoms with Crippen LogP contribution < -0.4 is 0 Å². The van der Waals surface area contributed by atoms with E-state index >= 15 is 0 Å². The number of benzene rings is 1. The lowest BCUT2D eigenvalue weighted by molar-refractivity contribution is -0.142. The molecule has 0 fully saturated rings. The van der Waals surface area contributed by atoms with Gasteiger partial charge >= 0.3 is 6.18 Å². The summed E-state index contributed by atoms with van der Waals surface area (Å²) in [6.45, 7) is 0. The summed E-state index contributed by atoms with van der Waals surface area (Å²) in [4.78, 5) is 4.01. The number of nitrogens with zero attached hydrogens (tertiary/aromatic N) is 3. The van der Waals surface area contributed by atoms with E-state index in [0.717, 1.165) is 26.8 Å². The van der Waals surface area contributed by atoms with Crippen molar-refractivity contribution < 1.29 is 13.2 Å². The van der Waals surface area contributed by atoms with Crippen LogP contribution in [0.4, 0.5) is 13.2 Å². The molecule has 3 aromatic rings. The Morgan fingerprint density at radius 1 is 1.15 bits per heavy atom. The third-order valence-electron chi connectivity index (χ3n) is 2.83. The largest absolute Gasteiger partial charge is 0.433 e. The Labute approximate surface area is 120 Å². The van der Waals surface area contributed by atoms with Gasteiger partial charge in [-0.1, -0.05) is 28.1 Å². The van der Waals surface area contributed by atoms with Crippen molar-refractivity contribution in [3.05, 3.63) is 52.9 Å². The third kappa shape index (κ3) is 2.18. The van der Waals surface area contributed by atoms with Crippen LogP contribution in [-0.2, 0) is 6.18 Å². The summed E-state index contributed by atoms with van der Waals surface area (Å²) in [5, 5.41) is 3.81. The molecule has 0 amide bonds. The van der Waals surface area contributed by atoms with E-state index in [9.17, 15) is 13.2 Å². The summed E-state index contributed by atoms with van der Waals surface area (Å²) >= 11 is 3.33. The molecule has 2 aromatic heterocycles. The van der Waals surface area contributed by atoms with E-state index in [0.29, 0.717) is 5.56 Å². The molecule has 7 heteroatoms. The Balaban J connectivity index is 2.25. The predicted octanol–water partition coefficient (Wildman–Crippen LogP) is 4.18. The van der Waals surface area contributed by atoms with Crippen LogP contribution in [0.15, 0.2) is 47.2 Å². The average molecular weight is 342 g/mol. The van der Waals surface area contributed by atoms with Crippen molar-refractivity contribution in [3.8, 4) is 11.1 Å². The highest BCUT2D eigenvalue weighted by atomic mass is 79.9. The first-order valence-electron chi connectivity index (χ1n) is 5.63. The predicted molar refractivity (Wildman–Crippen MR) is 71.1 cm³/mol. The van der Waals surface area contributed by atoms with Gasteiger partial charge in [0.25, 0.3) is 0 Å². The smallest absolute Gasteiger partial charge is 0.236 e. The van der Waals surface area contributed by atoms with Crippen LogP contribution in [0.3, 0.4) is 0 Å². The van der Waals surface area contributed by atoms with Gasteiger partial charge in [-0.25, -0.2) is 9.50 Å². The molecule has 0 aliphatic rings. The first kappa shape index (κ1) is 13.1. The maximum Gasteiger partial charge on any atom is 0.433 e. The van der Waals surface area contributed by atoms with Crippen molar-refractivity contribution in [2.45, 2.75) is 6.18 Å². The minimum absolute atomic E-state index is 0.179. The summed E-state index contributed by atoms with van der Waals surface area (Å²) in [5.74, 6) is 0. The molecule has 0 atom stereocenters. The van der Waals surface area contributed by atoms with Gasteiger partial charge in [0, 0.05) is 16.2 Å². The SMILES string of the molecule is FC(F)(F)c1ccnc2c(-c3cccc(Br)c3)cnn12. The minimum Gasteiger partial charge on any atom is -0.236 e. The number of rotatable bonds is 1. The number of aromatic nitrogens is 3. The van der Waals surface area contributed by atoms with Crippen molar-refractivity contribution in [1.82, 2.24) is 14.6 Å². The Bertz CT molecular complexity index is 780. The summed E-state index contributed by atoms with van der Waals surface area (Å²) in [6, 6.07) is 8.15. The van der Waals surface area contributed by atoms with Gasteiger partial charge in [-0.05, 0) is 23.8 Å². The summed E-state index contributed by atoms with van der Waals surface area (Å²) in [5.41, 5.74) is 0.639. The molecule has 0 saturated heterocycles. The van der Waals surface area contributed by atoms with Crippen LogP contribution in [0.2, 0.25) is 0 Å². The monoisotopic (exact) mass is 341 g/mol. The van der Waals surface area contributed by atoms with Crippen LogP contribution in [-0.4, -0.2) is 14.6 Å². The van der Waals surface area contributed by atoms with Gasteiger partial charge in [0.05, 0.1) is 6.20 Å². The number of hydrogen-bond donors (Lipinski definition) is 0. The zero-order valence-corrected chi connectivity index (χ0v) is 11.5. The number of halogens is 4. The van der Waals surface area contributed by atoms with Gasteiger partial charge in [0.2, 0.25) is 0 Å². The van der Waals surface area contributed by atoms with Gasteiger partial charge in [-0.3, -0.25) is 0 Å². The van der Waals surface area contributed by atoms with E-state index in [1.807, 2.05) is 6.07 Å². The van der Waals surface area contributed by atoms with E-state index in [1.54, 1.807) is 18.2 Å². The fraction of sp³-hybridized carbons (Fsp3) is 0.0769.